The molecule has 0 aliphatic carbocycles. The first-order valence-corrected chi connectivity index (χ1v) is 7.89. The smallest absolute Gasteiger partial charge is 0.136 e. The third-order valence-electron chi connectivity index (χ3n) is 3.61. The molecule has 0 bridgehead atoms. The third-order valence-corrected chi connectivity index (χ3v) is 3.61. The Morgan fingerprint density at radius 1 is 1.00 bits per heavy atom. The highest BCUT2D eigenvalue weighted by molar-refractivity contribution is 5.81. The lowest BCUT2D eigenvalue weighted by Gasteiger charge is -2.15. The lowest BCUT2D eigenvalue weighted by Crippen LogP contribution is -2.14. The zero-order valence-corrected chi connectivity index (χ0v) is 12.5. The molecule has 0 fully saturated rings. The van der Waals surface area contributed by atoms with E-state index in [0.717, 1.165) is 19.3 Å². The van der Waals surface area contributed by atoms with Crippen LogP contribution in [0.1, 0.15) is 84.5 Å². The van der Waals surface area contributed by atoms with Crippen LogP contribution in [0.15, 0.2) is 12.7 Å². The summed E-state index contributed by atoms with van der Waals surface area (Å²) in [5, 5.41) is 0. The number of unbranched alkanes of at least 4 members (excludes halogenated alkanes) is 5. The van der Waals surface area contributed by atoms with Crippen LogP contribution in [0.3, 0.4) is 0 Å². The molecular weight excluding hydrogens is 220 g/mol. The Morgan fingerprint density at radius 3 is 2.22 bits per heavy atom. The van der Waals surface area contributed by atoms with Crippen molar-refractivity contribution in [3.63, 3.8) is 0 Å². The standard InChI is InChI=1S/C17H32O/c1-4-7-10-11-12-14-16(13-8-5-2)17(18)15-9-6-3/h6,16H,3-5,7-15H2,1-2H3. The van der Waals surface area contributed by atoms with Gasteiger partial charge in [0.1, 0.15) is 5.78 Å². The van der Waals surface area contributed by atoms with Gasteiger partial charge in [-0.05, 0) is 19.3 Å². The summed E-state index contributed by atoms with van der Waals surface area (Å²) in [7, 11) is 0. The monoisotopic (exact) mass is 252 g/mol. The van der Waals surface area contributed by atoms with Gasteiger partial charge in [0.2, 0.25) is 0 Å². The van der Waals surface area contributed by atoms with E-state index in [1.807, 2.05) is 6.08 Å². The number of hydrogen-bond acceptors (Lipinski definition) is 1. The number of hydrogen-bond donors (Lipinski definition) is 0. The summed E-state index contributed by atoms with van der Waals surface area (Å²) in [5.41, 5.74) is 0. The molecule has 18 heavy (non-hydrogen) atoms. The van der Waals surface area contributed by atoms with Crippen LogP contribution in [0, 0.1) is 5.92 Å². The molecule has 1 unspecified atom stereocenters. The van der Waals surface area contributed by atoms with E-state index in [-0.39, 0.29) is 0 Å². The zero-order chi connectivity index (χ0) is 13.6. The van der Waals surface area contributed by atoms with Crippen LogP contribution in [0.2, 0.25) is 0 Å². The number of Topliss-reactive ketones (excluding diaryl/α,β-unsaturated/α-hetero) is 1. The van der Waals surface area contributed by atoms with Crippen LogP contribution in [0.25, 0.3) is 0 Å². The molecule has 0 amide bonds. The Bertz CT molecular complexity index is 208. The van der Waals surface area contributed by atoms with Crippen molar-refractivity contribution in [2.45, 2.75) is 84.5 Å². The van der Waals surface area contributed by atoms with Crippen molar-refractivity contribution in [3.8, 4) is 0 Å². The SMILES string of the molecule is C=CCCC(=O)C(CCCC)CCCCCCC. The van der Waals surface area contributed by atoms with E-state index < -0.39 is 0 Å². The molecule has 0 radical (unpaired) electrons. The van der Waals surface area contributed by atoms with E-state index >= 15 is 0 Å². The molecule has 0 saturated carbocycles. The predicted octanol–water partition coefficient (Wildman–Crippen LogP) is 5.69. The predicted molar refractivity (Wildman–Crippen MR) is 80.8 cm³/mol. The second-order valence-electron chi connectivity index (χ2n) is 5.34. The molecule has 0 saturated heterocycles. The van der Waals surface area contributed by atoms with Gasteiger partial charge < -0.3 is 0 Å². The first kappa shape index (κ1) is 17.4. The minimum absolute atomic E-state index is 0.325. The molecule has 0 aromatic rings. The Balaban J connectivity index is 3.89. The maximum Gasteiger partial charge on any atom is 0.136 e. The fourth-order valence-corrected chi connectivity index (χ4v) is 2.36. The molecule has 0 aliphatic heterocycles. The molecule has 0 N–H and O–H groups in total. The summed E-state index contributed by atoms with van der Waals surface area (Å²) >= 11 is 0. The minimum atomic E-state index is 0.325. The molecular formula is C17H32O. The van der Waals surface area contributed by atoms with E-state index in [9.17, 15) is 4.79 Å². The van der Waals surface area contributed by atoms with Crippen LogP contribution in [-0.2, 0) is 4.79 Å². The fraction of sp³-hybridized carbons (Fsp3) is 0.824. The first-order valence-electron chi connectivity index (χ1n) is 7.89. The second kappa shape index (κ2) is 12.9. The molecule has 1 nitrogen and oxygen atoms in total. The minimum Gasteiger partial charge on any atom is -0.299 e. The topological polar surface area (TPSA) is 17.1 Å². The van der Waals surface area contributed by atoms with Gasteiger partial charge in [-0.2, -0.15) is 0 Å². The third kappa shape index (κ3) is 9.44. The highest BCUT2D eigenvalue weighted by Gasteiger charge is 2.16. The molecule has 0 rings (SSSR count). The molecule has 0 spiro atoms. The van der Waals surface area contributed by atoms with E-state index in [4.69, 9.17) is 0 Å². The average molecular weight is 252 g/mol. The van der Waals surface area contributed by atoms with Gasteiger partial charge in [0.05, 0.1) is 0 Å². The Hall–Kier alpha value is -0.590. The average Bonchev–Trinajstić information content (AvgIpc) is 2.39. The van der Waals surface area contributed by atoms with Gasteiger partial charge in [0.15, 0.2) is 0 Å². The largest absolute Gasteiger partial charge is 0.299 e. The molecule has 0 aromatic carbocycles. The highest BCUT2D eigenvalue weighted by Crippen LogP contribution is 2.20. The van der Waals surface area contributed by atoms with Crippen molar-refractivity contribution in [1.82, 2.24) is 0 Å². The Kier molecular flexibility index (Phi) is 12.4. The fourth-order valence-electron chi connectivity index (χ4n) is 2.36. The van der Waals surface area contributed by atoms with Crippen LogP contribution < -0.4 is 0 Å². The van der Waals surface area contributed by atoms with Gasteiger partial charge in [-0.3, -0.25) is 4.79 Å². The van der Waals surface area contributed by atoms with Crippen LogP contribution in [0.4, 0.5) is 0 Å². The van der Waals surface area contributed by atoms with Crippen LogP contribution in [-0.4, -0.2) is 5.78 Å². The van der Waals surface area contributed by atoms with Gasteiger partial charge >= 0.3 is 0 Å². The van der Waals surface area contributed by atoms with Crippen molar-refractivity contribution in [2.24, 2.45) is 5.92 Å². The van der Waals surface area contributed by atoms with Gasteiger partial charge in [-0.15, -0.1) is 6.58 Å². The van der Waals surface area contributed by atoms with Crippen molar-refractivity contribution in [1.29, 1.82) is 0 Å². The molecule has 0 heterocycles. The lowest BCUT2D eigenvalue weighted by atomic mass is 9.89. The maximum atomic E-state index is 12.1. The number of carbonyl (C=O) groups is 1. The number of allylic oxidation sites excluding steroid dienone is 1. The lowest BCUT2D eigenvalue weighted by molar-refractivity contribution is -0.123. The van der Waals surface area contributed by atoms with Crippen molar-refractivity contribution in [2.75, 3.05) is 0 Å². The summed E-state index contributed by atoms with van der Waals surface area (Å²) in [5.74, 6) is 0.797. The quantitative estimate of drug-likeness (QED) is 0.304. The molecule has 0 aliphatic rings. The van der Waals surface area contributed by atoms with Crippen LogP contribution in [0.5, 0.6) is 0 Å². The zero-order valence-electron chi connectivity index (χ0n) is 12.5. The van der Waals surface area contributed by atoms with E-state index in [1.165, 1.54) is 44.9 Å². The molecule has 1 atom stereocenters. The van der Waals surface area contributed by atoms with Gasteiger partial charge in [0, 0.05) is 12.3 Å². The Morgan fingerprint density at radius 2 is 1.61 bits per heavy atom. The van der Waals surface area contributed by atoms with E-state index in [1.54, 1.807) is 0 Å². The van der Waals surface area contributed by atoms with Crippen molar-refractivity contribution < 1.29 is 4.79 Å². The summed E-state index contributed by atoms with van der Waals surface area (Å²) in [4.78, 5) is 12.1. The summed E-state index contributed by atoms with van der Waals surface area (Å²) in [6.45, 7) is 8.14. The number of carbonyl (C=O) groups excluding carboxylic acids is 1. The van der Waals surface area contributed by atoms with E-state index in [2.05, 4.69) is 20.4 Å². The van der Waals surface area contributed by atoms with Gasteiger partial charge in [-0.25, -0.2) is 0 Å². The van der Waals surface area contributed by atoms with Gasteiger partial charge in [0.25, 0.3) is 0 Å². The second-order valence-corrected chi connectivity index (χ2v) is 5.34. The van der Waals surface area contributed by atoms with Crippen molar-refractivity contribution in [3.05, 3.63) is 12.7 Å². The first-order chi connectivity index (χ1) is 8.76. The maximum absolute atomic E-state index is 12.1. The Labute approximate surface area is 114 Å². The summed E-state index contributed by atoms with van der Waals surface area (Å²) < 4.78 is 0. The summed E-state index contributed by atoms with van der Waals surface area (Å²) in [6, 6.07) is 0. The number of ketones is 1. The van der Waals surface area contributed by atoms with Crippen molar-refractivity contribution >= 4 is 5.78 Å². The summed E-state index contributed by atoms with van der Waals surface area (Å²) in [6.07, 6.45) is 14.5. The molecule has 106 valence electrons. The van der Waals surface area contributed by atoms with E-state index in [0.29, 0.717) is 18.1 Å². The molecule has 1 heteroatoms. The van der Waals surface area contributed by atoms with Crippen LogP contribution >= 0.6 is 0 Å². The molecule has 0 aromatic heterocycles. The number of rotatable bonds is 13. The highest BCUT2D eigenvalue weighted by atomic mass is 16.1. The van der Waals surface area contributed by atoms with Gasteiger partial charge in [-0.1, -0.05) is 64.9 Å². The normalized spacial score (nSPS) is 12.3.